The standard InChI is InChI=1S/C13H17ClN2O6/c1-13(2)21-8-7(5-17)20-11(9(8)22-13)16-4-6(3-14)10(18)15-12(16)19/h4,7-9,11,17H,3,5H2,1-2H3,(H,15,18,19)/t7-,8+,9?,11-/m1/s1. The van der Waals surface area contributed by atoms with Crippen LogP contribution in [0, 0.1) is 0 Å². The maximum Gasteiger partial charge on any atom is 0.330 e. The van der Waals surface area contributed by atoms with Crippen LogP contribution in [-0.2, 0) is 20.1 Å². The molecule has 2 saturated heterocycles. The molecule has 4 atom stereocenters. The van der Waals surface area contributed by atoms with Gasteiger partial charge in [-0.3, -0.25) is 14.3 Å². The first-order chi connectivity index (χ1) is 10.4. The Bertz CT molecular complexity index is 684. The van der Waals surface area contributed by atoms with Gasteiger partial charge in [0.1, 0.15) is 18.3 Å². The summed E-state index contributed by atoms with van der Waals surface area (Å²) in [6, 6.07) is 0. The molecule has 0 aromatic carbocycles. The van der Waals surface area contributed by atoms with E-state index in [4.69, 9.17) is 25.8 Å². The monoisotopic (exact) mass is 332 g/mol. The Hall–Kier alpha value is -1.19. The van der Waals surface area contributed by atoms with Gasteiger partial charge in [0, 0.05) is 11.8 Å². The second-order valence-electron chi connectivity index (χ2n) is 5.77. The number of aliphatic hydroxyl groups is 1. The molecular weight excluding hydrogens is 316 g/mol. The minimum Gasteiger partial charge on any atom is -0.394 e. The highest BCUT2D eigenvalue weighted by molar-refractivity contribution is 6.17. The highest BCUT2D eigenvalue weighted by Gasteiger charge is 2.55. The Morgan fingerprint density at radius 2 is 2.05 bits per heavy atom. The third kappa shape index (κ3) is 2.50. The van der Waals surface area contributed by atoms with E-state index in [1.807, 2.05) is 0 Å². The fourth-order valence-corrected chi connectivity index (χ4v) is 3.03. The van der Waals surface area contributed by atoms with Gasteiger partial charge in [-0.2, -0.15) is 0 Å². The number of fused-ring (bicyclic) bond motifs is 1. The van der Waals surface area contributed by atoms with E-state index in [1.165, 1.54) is 10.8 Å². The van der Waals surface area contributed by atoms with E-state index in [-0.39, 0.29) is 18.1 Å². The van der Waals surface area contributed by atoms with Crippen LogP contribution in [0.4, 0.5) is 0 Å². The third-order valence-corrected chi connectivity index (χ3v) is 4.05. The van der Waals surface area contributed by atoms with Gasteiger partial charge in [0.25, 0.3) is 5.56 Å². The summed E-state index contributed by atoms with van der Waals surface area (Å²) in [6.07, 6.45) is -1.14. The average molecular weight is 333 g/mol. The minimum atomic E-state index is -0.841. The summed E-state index contributed by atoms with van der Waals surface area (Å²) in [5.74, 6) is -0.880. The molecule has 0 spiro atoms. The van der Waals surface area contributed by atoms with Crippen molar-refractivity contribution >= 4 is 11.6 Å². The molecule has 1 aromatic rings. The summed E-state index contributed by atoms with van der Waals surface area (Å²) in [6.45, 7) is 3.23. The zero-order valence-corrected chi connectivity index (χ0v) is 12.9. The van der Waals surface area contributed by atoms with E-state index in [0.717, 1.165) is 0 Å². The fraction of sp³-hybridized carbons (Fsp3) is 0.692. The maximum absolute atomic E-state index is 12.1. The van der Waals surface area contributed by atoms with E-state index in [1.54, 1.807) is 13.8 Å². The molecule has 0 aliphatic carbocycles. The maximum atomic E-state index is 12.1. The van der Waals surface area contributed by atoms with Gasteiger partial charge in [-0.25, -0.2) is 4.79 Å². The lowest BCUT2D eigenvalue weighted by Crippen LogP contribution is -2.38. The van der Waals surface area contributed by atoms with Crippen molar-refractivity contribution in [1.82, 2.24) is 9.55 Å². The van der Waals surface area contributed by atoms with Crippen LogP contribution in [0.2, 0.25) is 0 Å². The molecular formula is C13H17ClN2O6. The first-order valence-corrected chi connectivity index (χ1v) is 7.42. The molecule has 2 N–H and O–H groups in total. The predicted octanol–water partition coefficient (Wildman–Crippen LogP) is -0.315. The Labute approximate surface area is 130 Å². The second-order valence-corrected chi connectivity index (χ2v) is 6.03. The van der Waals surface area contributed by atoms with Crippen molar-refractivity contribution in [1.29, 1.82) is 0 Å². The number of alkyl halides is 1. The third-order valence-electron chi connectivity index (χ3n) is 3.76. The summed E-state index contributed by atoms with van der Waals surface area (Å²) in [5.41, 5.74) is -0.921. The van der Waals surface area contributed by atoms with Gasteiger partial charge in [-0.05, 0) is 13.8 Å². The number of aromatic amines is 1. The quantitative estimate of drug-likeness (QED) is 0.736. The molecule has 0 bridgehead atoms. The van der Waals surface area contributed by atoms with Gasteiger partial charge in [-0.1, -0.05) is 0 Å². The van der Waals surface area contributed by atoms with Crippen molar-refractivity contribution in [3.8, 4) is 0 Å². The number of halogens is 1. The number of aromatic nitrogens is 2. The van der Waals surface area contributed by atoms with E-state index >= 15 is 0 Å². The number of nitrogens with one attached hydrogen (secondary N) is 1. The van der Waals surface area contributed by atoms with Crippen molar-refractivity contribution in [2.45, 2.75) is 50.1 Å². The average Bonchev–Trinajstić information content (AvgIpc) is 2.92. The molecule has 2 aliphatic rings. The van der Waals surface area contributed by atoms with Gasteiger partial charge < -0.3 is 19.3 Å². The van der Waals surface area contributed by atoms with E-state index in [9.17, 15) is 14.7 Å². The van der Waals surface area contributed by atoms with Crippen LogP contribution in [0.25, 0.3) is 0 Å². The molecule has 3 rings (SSSR count). The molecule has 1 unspecified atom stereocenters. The molecule has 0 radical (unpaired) electrons. The smallest absolute Gasteiger partial charge is 0.330 e. The topological polar surface area (TPSA) is 103 Å². The summed E-state index contributed by atoms with van der Waals surface area (Å²) in [5, 5.41) is 9.44. The molecule has 2 aliphatic heterocycles. The van der Waals surface area contributed by atoms with Crippen LogP contribution in [0.5, 0.6) is 0 Å². The lowest BCUT2D eigenvalue weighted by atomic mass is 10.1. The van der Waals surface area contributed by atoms with E-state index < -0.39 is 41.6 Å². The van der Waals surface area contributed by atoms with Gasteiger partial charge in [0.2, 0.25) is 0 Å². The summed E-state index contributed by atoms with van der Waals surface area (Å²) in [4.78, 5) is 25.9. The second kappa shape index (κ2) is 5.47. The number of aliphatic hydroxyl groups excluding tert-OH is 1. The highest BCUT2D eigenvalue weighted by atomic mass is 35.5. The Morgan fingerprint density at radius 1 is 1.36 bits per heavy atom. The Morgan fingerprint density at radius 3 is 2.68 bits per heavy atom. The number of rotatable bonds is 3. The number of nitrogens with zero attached hydrogens (tertiary/aromatic N) is 1. The lowest BCUT2D eigenvalue weighted by Gasteiger charge is -2.24. The van der Waals surface area contributed by atoms with Crippen LogP contribution in [0.3, 0.4) is 0 Å². The predicted molar refractivity (Wildman–Crippen MR) is 75.7 cm³/mol. The Kier molecular flexibility index (Phi) is 3.90. The van der Waals surface area contributed by atoms with Crippen LogP contribution >= 0.6 is 11.6 Å². The minimum absolute atomic E-state index is 0.0390. The van der Waals surface area contributed by atoms with Crippen molar-refractivity contribution in [3.05, 3.63) is 32.6 Å². The normalized spacial score (nSPS) is 33.1. The summed E-state index contributed by atoms with van der Waals surface area (Å²) >= 11 is 5.70. The van der Waals surface area contributed by atoms with E-state index in [2.05, 4.69) is 4.98 Å². The van der Waals surface area contributed by atoms with Gasteiger partial charge in [0.15, 0.2) is 12.0 Å². The lowest BCUT2D eigenvalue weighted by molar-refractivity contribution is -0.200. The summed E-state index contributed by atoms with van der Waals surface area (Å²) in [7, 11) is 0. The molecule has 2 fully saturated rings. The number of ether oxygens (including phenoxy) is 3. The van der Waals surface area contributed by atoms with Crippen LogP contribution in [-0.4, -0.2) is 45.4 Å². The molecule has 0 saturated carbocycles. The van der Waals surface area contributed by atoms with Crippen LogP contribution < -0.4 is 11.2 Å². The van der Waals surface area contributed by atoms with Crippen LogP contribution in [0.1, 0.15) is 25.6 Å². The zero-order chi connectivity index (χ0) is 16.1. The van der Waals surface area contributed by atoms with E-state index in [0.29, 0.717) is 0 Å². The molecule has 122 valence electrons. The molecule has 3 heterocycles. The van der Waals surface area contributed by atoms with Crippen molar-refractivity contribution in [2.24, 2.45) is 0 Å². The van der Waals surface area contributed by atoms with Gasteiger partial charge in [0.05, 0.1) is 12.5 Å². The van der Waals surface area contributed by atoms with Crippen molar-refractivity contribution in [2.75, 3.05) is 6.61 Å². The van der Waals surface area contributed by atoms with Crippen LogP contribution in [0.15, 0.2) is 15.8 Å². The highest BCUT2D eigenvalue weighted by Crippen LogP contribution is 2.42. The molecule has 9 heteroatoms. The fourth-order valence-electron chi connectivity index (χ4n) is 2.84. The zero-order valence-electron chi connectivity index (χ0n) is 12.1. The first-order valence-electron chi connectivity index (χ1n) is 6.88. The first kappa shape index (κ1) is 15.7. The van der Waals surface area contributed by atoms with Gasteiger partial charge in [-0.15, -0.1) is 11.6 Å². The Balaban J connectivity index is 2.02. The molecule has 0 amide bonds. The number of hydrogen-bond acceptors (Lipinski definition) is 6. The molecule has 1 aromatic heterocycles. The van der Waals surface area contributed by atoms with Crippen molar-refractivity contribution < 1.29 is 19.3 Å². The molecule has 8 nitrogen and oxygen atoms in total. The van der Waals surface area contributed by atoms with Crippen molar-refractivity contribution in [3.63, 3.8) is 0 Å². The molecule has 22 heavy (non-hydrogen) atoms. The number of H-pyrrole nitrogens is 1. The number of hydrogen-bond donors (Lipinski definition) is 2. The summed E-state index contributed by atoms with van der Waals surface area (Å²) < 4.78 is 18.4. The van der Waals surface area contributed by atoms with Gasteiger partial charge >= 0.3 is 5.69 Å². The SMILES string of the molecule is CC1(C)OC2[C@@H](O1)[C@@H](CO)O[C@H]2n1cc(CCl)c(=O)[nH]c1=O. The largest absolute Gasteiger partial charge is 0.394 e.